The largest absolute Gasteiger partial charge is 0.508 e. The lowest BCUT2D eigenvalue weighted by atomic mass is 9.62. The first-order chi connectivity index (χ1) is 12.0. The van der Waals surface area contributed by atoms with Crippen LogP contribution in [0.15, 0.2) is 48.5 Å². The van der Waals surface area contributed by atoms with Gasteiger partial charge in [0.1, 0.15) is 11.5 Å². The molecule has 25 heavy (non-hydrogen) atoms. The second kappa shape index (κ2) is 7.51. The van der Waals surface area contributed by atoms with Crippen molar-refractivity contribution in [3.05, 3.63) is 59.7 Å². The first-order valence-electron chi connectivity index (χ1n) is 9.61. The number of benzene rings is 2. The molecule has 0 radical (unpaired) electrons. The van der Waals surface area contributed by atoms with Gasteiger partial charge < -0.3 is 10.2 Å². The number of aromatic hydroxyl groups is 2. The molecule has 2 nitrogen and oxygen atoms in total. The first-order valence-corrected chi connectivity index (χ1v) is 9.61. The Labute approximate surface area is 151 Å². The van der Waals surface area contributed by atoms with Crippen LogP contribution in [0, 0.1) is 5.92 Å². The van der Waals surface area contributed by atoms with Gasteiger partial charge in [0, 0.05) is 0 Å². The van der Waals surface area contributed by atoms with Crippen LogP contribution in [-0.4, -0.2) is 10.2 Å². The summed E-state index contributed by atoms with van der Waals surface area (Å²) >= 11 is 0. The van der Waals surface area contributed by atoms with E-state index in [1.54, 1.807) is 12.1 Å². The Bertz CT molecular complexity index is 666. The zero-order chi connectivity index (χ0) is 17.9. The number of hydrogen-bond acceptors (Lipinski definition) is 2. The van der Waals surface area contributed by atoms with E-state index in [9.17, 15) is 10.2 Å². The number of phenolic OH excluding ortho intramolecular Hbond substituents is 2. The molecule has 1 unspecified atom stereocenters. The van der Waals surface area contributed by atoms with Crippen molar-refractivity contribution in [3.63, 3.8) is 0 Å². The van der Waals surface area contributed by atoms with E-state index in [-0.39, 0.29) is 5.41 Å². The van der Waals surface area contributed by atoms with Crippen molar-refractivity contribution in [1.29, 1.82) is 0 Å². The lowest BCUT2D eigenvalue weighted by Gasteiger charge is -2.42. The lowest BCUT2D eigenvalue weighted by molar-refractivity contribution is 0.192. The summed E-state index contributed by atoms with van der Waals surface area (Å²) in [5.41, 5.74) is 2.90. The quantitative estimate of drug-likeness (QED) is 0.688. The number of hydrogen-bond donors (Lipinski definition) is 2. The van der Waals surface area contributed by atoms with Crippen molar-refractivity contribution in [2.75, 3.05) is 0 Å². The van der Waals surface area contributed by atoms with E-state index < -0.39 is 0 Å². The van der Waals surface area contributed by atoms with Crippen LogP contribution in [0.5, 0.6) is 11.5 Å². The highest BCUT2D eigenvalue weighted by Crippen LogP contribution is 2.47. The monoisotopic (exact) mass is 338 g/mol. The first kappa shape index (κ1) is 17.8. The Morgan fingerprint density at radius 1 is 0.840 bits per heavy atom. The van der Waals surface area contributed by atoms with Gasteiger partial charge in [-0.25, -0.2) is 0 Å². The molecule has 1 atom stereocenters. The predicted octanol–water partition coefficient (Wildman–Crippen LogP) is 6.13. The standard InChI is InChI=1S/C23H30O2/c1-3-16-23(2,20-10-14-22(25)15-11-20)19-8-4-17(5-9-19)18-6-12-21(24)13-7-18/h6-7,10-15,17,19,24-25H,3-5,8-9,16H2,1-2H3. The predicted molar refractivity (Wildman–Crippen MR) is 103 cm³/mol. The third-order valence-corrected chi connectivity index (χ3v) is 6.29. The maximum atomic E-state index is 9.63. The topological polar surface area (TPSA) is 40.5 Å². The second-order valence-corrected chi connectivity index (χ2v) is 7.85. The Balaban J connectivity index is 1.74. The summed E-state index contributed by atoms with van der Waals surface area (Å²) in [6.07, 6.45) is 7.27. The molecule has 134 valence electrons. The van der Waals surface area contributed by atoms with Crippen molar-refractivity contribution in [1.82, 2.24) is 0 Å². The third-order valence-electron chi connectivity index (χ3n) is 6.29. The fourth-order valence-electron chi connectivity index (χ4n) is 4.76. The summed E-state index contributed by atoms with van der Waals surface area (Å²) in [5, 5.41) is 19.1. The molecular weight excluding hydrogens is 308 g/mol. The van der Waals surface area contributed by atoms with Crippen molar-refractivity contribution >= 4 is 0 Å². The van der Waals surface area contributed by atoms with Gasteiger partial charge in [0.15, 0.2) is 0 Å². The number of phenols is 2. The van der Waals surface area contributed by atoms with Crippen molar-refractivity contribution in [2.24, 2.45) is 5.92 Å². The van der Waals surface area contributed by atoms with Gasteiger partial charge in [0.25, 0.3) is 0 Å². The van der Waals surface area contributed by atoms with Crippen molar-refractivity contribution in [2.45, 2.75) is 63.7 Å². The van der Waals surface area contributed by atoms with Gasteiger partial charge in [-0.15, -0.1) is 0 Å². The molecule has 0 heterocycles. The Morgan fingerprint density at radius 2 is 1.36 bits per heavy atom. The Hall–Kier alpha value is -1.96. The van der Waals surface area contributed by atoms with Crippen LogP contribution in [0.3, 0.4) is 0 Å². The molecule has 2 N–H and O–H groups in total. The Kier molecular flexibility index (Phi) is 5.36. The second-order valence-electron chi connectivity index (χ2n) is 7.85. The minimum atomic E-state index is 0.183. The molecular formula is C23H30O2. The summed E-state index contributed by atoms with van der Waals surface area (Å²) in [4.78, 5) is 0. The van der Waals surface area contributed by atoms with E-state index in [1.165, 1.54) is 49.7 Å². The molecule has 3 rings (SSSR count). The smallest absolute Gasteiger partial charge is 0.115 e. The molecule has 1 aliphatic carbocycles. The summed E-state index contributed by atoms with van der Waals surface area (Å²) in [7, 11) is 0. The van der Waals surface area contributed by atoms with E-state index in [0.717, 1.165) is 0 Å². The third kappa shape index (κ3) is 3.84. The van der Waals surface area contributed by atoms with Gasteiger partial charge >= 0.3 is 0 Å². The van der Waals surface area contributed by atoms with Gasteiger partial charge in [-0.3, -0.25) is 0 Å². The summed E-state index contributed by atoms with van der Waals surface area (Å²) in [6, 6.07) is 15.6. The molecule has 0 saturated heterocycles. The average Bonchev–Trinajstić information content (AvgIpc) is 2.63. The zero-order valence-electron chi connectivity index (χ0n) is 15.4. The molecule has 0 aromatic heterocycles. The van der Waals surface area contributed by atoms with E-state index in [0.29, 0.717) is 23.3 Å². The highest BCUT2D eigenvalue weighted by Gasteiger charge is 2.37. The van der Waals surface area contributed by atoms with Gasteiger partial charge in [0.05, 0.1) is 0 Å². The summed E-state index contributed by atoms with van der Waals surface area (Å²) in [6.45, 7) is 4.68. The molecule has 2 aromatic carbocycles. The number of rotatable bonds is 5. The van der Waals surface area contributed by atoms with E-state index in [4.69, 9.17) is 0 Å². The SMILES string of the molecule is CCCC(C)(c1ccc(O)cc1)C1CCC(c2ccc(O)cc2)CC1. The van der Waals surface area contributed by atoms with E-state index in [1.807, 2.05) is 12.1 Å². The van der Waals surface area contributed by atoms with Crippen LogP contribution in [0.25, 0.3) is 0 Å². The van der Waals surface area contributed by atoms with Crippen molar-refractivity contribution in [3.8, 4) is 11.5 Å². The normalized spacial score (nSPS) is 23.1. The van der Waals surface area contributed by atoms with Crippen LogP contribution >= 0.6 is 0 Å². The van der Waals surface area contributed by atoms with Crippen LogP contribution in [-0.2, 0) is 5.41 Å². The fraction of sp³-hybridized carbons (Fsp3) is 0.478. The van der Waals surface area contributed by atoms with Crippen molar-refractivity contribution < 1.29 is 10.2 Å². The molecule has 0 spiro atoms. The molecule has 0 bridgehead atoms. The highest BCUT2D eigenvalue weighted by atomic mass is 16.3. The van der Waals surface area contributed by atoms with Gasteiger partial charge in [0.2, 0.25) is 0 Å². The minimum absolute atomic E-state index is 0.183. The van der Waals surface area contributed by atoms with Crippen LogP contribution in [0.4, 0.5) is 0 Å². The molecule has 1 fully saturated rings. The fourth-order valence-corrected chi connectivity index (χ4v) is 4.76. The molecule has 1 saturated carbocycles. The van der Waals surface area contributed by atoms with Gasteiger partial charge in [-0.05, 0) is 84.7 Å². The molecule has 2 aromatic rings. The minimum Gasteiger partial charge on any atom is -0.508 e. The van der Waals surface area contributed by atoms with Crippen LogP contribution < -0.4 is 0 Å². The zero-order valence-corrected chi connectivity index (χ0v) is 15.4. The molecule has 2 heteroatoms. The Morgan fingerprint density at radius 3 is 1.88 bits per heavy atom. The van der Waals surface area contributed by atoms with E-state index in [2.05, 4.69) is 38.1 Å². The molecule has 0 aliphatic heterocycles. The van der Waals surface area contributed by atoms with E-state index >= 15 is 0 Å². The molecule has 0 amide bonds. The molecule has 1 aliphatic rings. The summed E-state index contributed by atoms with van der Waals surface area (Å²) in [5.74, 6) is 1.99. The lowest BCUT2D eigenvalue weighted by Crippen LogP contribution is -2.34. The summed E-state index contributed by atoms with van der Waals surface area (Å²) < 4.78 is 0. The maximum absolute atomic E-state index is 9.63. The van der Waals surface area contributed by atoms with Crippen LogP contribution in [0.2, 0.25) is 0 Å². The maximum Gasteiger partial charge on any atom is 0.115 e. The van der Waals surface area contributed by atoms with Crippen LogP contribution in [0.1, 0.15) is 69.4 Å². The highest BCUT2D eigenvalue weighted by molar-refractivity contribution is 5.33. The van der Waals surface area contributed by atoms with Gasteiger partial charge in [-0.2, -0.15) is 0 Å². The van der Waals surface area contributed by atoms with Gasteiger partial charge in [-0.1, -0.05) is 44.5 Å². The average molecular weight is 338 g/mol.